The van der Waals surface area contributed by atoms with Crippen molar-refractivity contribution in [3.63, 3.8) is 0 Å². The van der Waals surface area contributed by atoms with Crippen molar-refractivity contribution in [1.29, 1.82) is 0 Å². The number of halogens is 1. The number of benzene rings is 1. The molecule has 2 N–H and O–H groups in total. The third kappa shape index (κ3) is 3.17. The van der Waals surface area contributed by atoms with Gasteiger partial charge in [0.1, 0.15) is 5.69 Å². The molecule has 0 fully saturated rings. The Morgan fingerprint density at radius 1 is 1.15 bits per heavy atom. The molecular weight excluding hydrogens is 354 g/mol. The van der Waals surface area contributed by atoms with Crippen molar-refractivity contribution in [1.82, 2.24) is 9.97 Å². The Bertz CT molecular complexity index is 922. The van der Waals surface area contributed by atoms with Crippen LogP contribution in [-0.2, 0) is 10.8 Å². The minimum atomic E-state index is -1.10. The van der Waals surface area contributed by atoms with E-state index < -0.39 is 11.9 Å². The van der Waals surface area contributed by atoms with Gasteiger partial charge in [0.15, 0.2) is 0 Å². The van der Waals surface area contributed by atoms with Crippen LogP contribution in [0, 0.1) is 0 Å². The number of hydrogen-bond acceptors (Lipinski definition) is 4. The fourth-order valence-corrected chi connectivity index (χ4v) is 3.84. The highest BCUT2D eigenvalue weighted by atomic mass is 35.5. The Morgan fingerprint density at radius 3 is 2.46 bits per heavy atom. The second kappa shape index (κ2) is 6.06. The number of fused-ring (bicyclic) bond motifs is 1. The number of aromatic nitrogens is 2. The Labute approximate surface area is 156 Å². The lowest BCUT2D eigenvalue weighted by atomic mass is 9.83. The van der Waals surface area contributed by atoms with Gasteiger partial charge in [-0.2, -0.15) is 0 Å². The molecule has 3 rings (SSSR count). The molecule has 0 radical (unpaired) electrons. The highest BCUT2D eigenvalue weighted by Crippen LogP contribution is 2.47. The van der Waals surface area contributed by atoms with Crippen LogP contribution in [0.2, 0.25) is 5.02 Å². The van der Waals surface area contributed by atoms with Crippen molar-refractivity contribution >= 4 is 29.2 Å². The van der Waals surface area contributed by atoms with Crippen LogP contribution in [0.4, 0.5) is 5.69 Å². The van der Waals surface area contributed by atoms with Crippen LogP contribution in [0.1, 0.15) is 66.4 Å². The Balaban J connectivity index is 1.93. The maximum atomic E-state index is 12.6. The molecule has 1 aromatic heterocycles. The van der Waals surface area contributed by atoms with Gasteiger partial charge < -0.3 is 10.4 Å². The Morgan fingerprint density at radius 2 is 1.81 bits per heavy atom. The fraction of sp³-hybridized carbons (Fsp3) is 0.368. The minimum Gasteiger partial charge on any atom is -0.478 e. The molecule has 0 bridgehead atoms. The monoisotopic (exact) mass is 373 g/mol. The van der Waals surface area contributed by atoms with E-state index in [1.165, 1.54) is 24.4 Å². The van der Waals surface area contributed by atoms with E-state index in [1.54, 1.807) is 0 Å². The number of rotatable bonds is 3. The number of carbonyl (C=O) groups excluding carboxylic acids is 1. The largest absolute Gasteiger partial charge is 0.478 e. The zero-order valence-electron chi connectivity index (χ0n) is 15.1. The molecule has 26 heavy (non-hydrogen) atoms. The quantitative estimate of drug-likeness (QED) is 0.847. The van der Waals surface area contributed by atoms with Crippen LogP contribution in [0.3, 0.4) is 0 Å². The lowest BCUT2D eigenvalue weighted by Gasteiger charge is -2.21. The molecule has 6 nitrogen and oxygen atoms in total. The van der Waals surface area contributed by atoms with E-state index in [9.17, 15) is 9.59 Å². The van der Waals surface area contributed by atoms with Gasteiger partial charge in [0.05, 0.1) is 33.9 Å². The summed E-state index contributed by atoms with van der Waals surface area (Å²) in [6.07, 6.45) is 2.35. The van der Waals surface area contributed by atoms with Crippen molar-refractivity contribution < 1.29 is 14.7 Å². The van der Waals surface area contributed by atoms with Gasteiger partial charge in [-0.25, -0.2) is 9.78 Å². The second-order valence-corrected chi connectivity index (χ2v) is 8.26. The number of anilines is 1. The van der Waals surface area contributed by atoms with Crippen LogP contribution < -0.4 is 5.32 Å². The van der Waals surface area contributed by atoms with Gasteiger partial charge in [0.2, 0.25) is 0 Å². The van der Waals surface area contributed by atoms with Gasteiger partial charge in [-0.3, -0.25) is 9.78 Å². The molecular formula is C19H20ClN3O3. The molecule has 1 aliphatic carbocycles. The number of carboxylic acid groups (broad SMARTS) is 1. The highest BCUT2D eigenvalue weighted by molar-refractivity contribution is 6.34. The van der Waals surface area contributed by atoms with Crippen molar-refractivity contribution in [2.75, 3.05) is 5.32 Å². The molecule has 0 atom stereocenters. The van der Waals surface area contributed by atoms with E-state index in [0.717, 1.165) is 17.8 Å². The molecule has 1 aliphatic rings. The molecule has 0 aliphatic heterocycles. The van der Waals surface area contributed by atoms with Crippen molar-refractivity contribution in [2.45, 2.75) is 44.9 Å². The molecule has 7 heteroatoms. The molecule has 0 spiro atoms. The molecule has 136 valence electrons. The molecule has 2 aromatic rings. The lowest BCUT2D eigenvalue weighted by molar-refractivity contribution is 0.0696. The van der Waals surface area contributed by atoms with Crippen molar-refractivity contribution in [2.24, 2.45) is 0 Å². The van der Waals surface area contributed by atoms with Crippen LogP contribution in [0.5, 0.6) is 0 Å². The minimum absolute atomic E-state index is 0.0348. The van der Waals surface area contributed by atoms with Crippen molar-refractivity contribution in [3.8, 4) is 0 Å². The number of nitrogens with one attached hydrogen (secondary N) is 1. The van der Waals surface area contributed by atoms with E-state index in [4.69, 9.17) is 16.7 Å². The predicted octanol–water partition coefficient (Wildman–Crippen LogP) is 4.04. The lowest BCUT2D eigenvalue weighted by Crippen LogP contribution is -2.20. The summed E-state index contributed by atoms with van der Waals surface area (Å²) in [5.41, 5.74) is 1.88. The number of carboxylic acids is 1. The molecule has 0 saturated carbocycles. The number of carbonyl (C=O) groups is 2. The van der Waals surface area contributed by atoms with Gasteiger partial charge in [-0.05, 0) is 24.6 Å². The van der Waals surface area contributed by atoms with E-state index >= 15 is 0 Å². The number of amides is 1. The fourth-order valence-electron chi connectivity index (χ4n) is 3.68. The van der Waals surface area contributed by atoms with Gasteiger partial charge in [0.25, 0.3) is 5.91 Å². The summed E-state index contributed by atoms with van der Waals surface area (Å²) in [4.78, 5) is 32.7. The zero-order valence-corrected chi connectivity index (χ0v) is 15.8. The zero-order chi connectivity index (χ0) is 19.3. The van der Waals surface area contributed by atoms with Crippen LogP contribution in [-0.4, -0.2) is 27.0 Å². The summed E-state index contributed by atoms with van der Waals surface area (Å²) in [5.74, 6) is -1.58. The number of nitrogens with zero attached hydrogens (tertiary/aromatic N) is 2. The predicted molar refractivity (Wildman–Crippen MR) is 99.1 cm³/mol. The summed E-state index contributed by atoms with van der Waals surface area (Å²) in [5, 5.41) is 12.0. The first-order chi connectivity index (χ1) is 12.0. The summed E-state index contributed by atoms with van der Waals surface area (Å²) >= 11 is 6.07. The first kappa shape index (κ1) is 18.3. The average molecular weight is 374 g/mol. The van der Waals surface area contributed by atoms with Crippen LogP contribution in [0.25, 0.3) is 0 Å². The van der Waals surface area contributed by atoms with Crippen LogP contribution >= 0.6 is 11.6 Å². The Hall–Kier alpha value is -2.47. The standard InChI is InChI=1S/C19H20ClN3O3/c1-18(2)9-19(3,4)15-14(18)21-8-13(22-15)16(24)23-12-7-10(17(25)26)5-6-11(12)20/h5-8H,9H2,1-4H3,(H,23,24)(H,25,26). The van der Waals surface area contributed by atoms with Crippen molar-refractivity contribution in [3.05, 3.63) is 52.1 Å². The number of hydrogen-bond donors (Lipinski definition) is 2. The van der Waals surface area contributed by atoms with E-state index in [0.29, 0.717) is 0 Å². The van der Waals surface area contributed by atoms with Gasteiger partial charge in [-0.15, -0.1) is 0 Å². The summed E-state index contributed by atoms with van der Waals surface area (Å²) < 4.78 is 0. The van der Waals surface area contributed by atoms with Gasteiger partial charge in [-0.1, -0.05) is 39.3 Å². The SMILES string of the molecule is CC1(C)CC(C)(C)c2nc(C(=O)Nc3cc(C(=O)O)ccc3Cl)cnc21. The normalized spacial score (nSPS) is 16.8. The molecule has 0 unspecified atom stereocenters. The highest BCUT2D eigenvalue weighted by Gasteiger charge is 2.44. The van der Waals surface area contributed by atoms with Gasteiger partial charge in [0, 0.05) is 10.8 Å². The smallest absolute Gasteiger partial charge is 0.335 e. The summed E-state index contributed by atoms with van der Waals surface area (Å²) in [6.45, 7) is 8.41. The molecule has 0 saturated heterocycles. The molecule has 1 aromatic carbocycles. The maximum Gasteiger partial charge on any atom is 0.335 e. The average Bonchev–Trinajstić information content (AvgIpc) is 2.73. The first-order valence-electron chi connectivity index (χ1n) is 8.23. The van der Waals surface area contributed by atoms with E-state index in [2.05, 4.69) is 43.0 Å². The maximum absolute atomic E-state index is 12.6. The third-order valence-electron chi connectivity index (χ3n) is 4.63. The van der Waals surface area contributed by atoms with Gasteiger partial charge >= 0.3 is 5.97 Å². The summed E-state index contributed by atoms with van der Waals surface area (Å²) in [6, 6.07) is 4.12. The first-order valence-corrected chi connectivity index (χ1v) is 8.61. The number of aromatic carboxylic acids is 1. The van der Waals surface area contributed by atoms with E-state index in [1.807, 2.05) is 0 Å². The van der Waals surface area contributed by atoms with Crippen LogP contribution in [0.15, 0.2) is 24.4 Å². The molecule has 1 heterocycles. The van der Waals surface area contributed by atoms with E-state index in [-0.39, 0.29) is 32.8 Å². The molecule has 1 amide bonds. The second-order valence-electron chi connectivity index (χ2n) is 7.85. The Kier molecular flexibility index (Phi) is 4.27. The third-order valence-corrected chi connectivity index (χ3v) is 4.96. The summed E-state index contributed by atoms with van der Waals surface area (Å²) in [7, 11) is 0. The topological polar surface area (TPSA) is 92.2 Å².